The molecule has 12 heavy (non-hydrogen) atoms. The molecule has 0 unspecified atom stereocenters. The van der Waals surface area contributed by atoms with Gasteiger partial charge in [-0.25, -0.2) is 4.79 Å². The molecule has 0 fully saturated rings. The van der Waals surface area contributed by atoms with Crippen molar-refractivity contribution in [3.63, 3.8) is 0 Å². The van der Waals surface area contributed by atoms with E-state index in [1.165, 1.54) is 13.1 Å². The van der Waals surface area contributed by atoms with Crippen molar-refractivity contribution in [3.05, 3.63) is 26.9 Å². The first-order valence-electron chi connectivity index (χ1n) is 3.69. The predicted molar refractivity (Wildman–Crippen MR) is 46.5 cm³/mol. The van der Waals surface area contributed by atoms with Crippen molar-refractivity contribution in [2.24, 2.45) is 7.05 Å². The Bertz CT molecular complexity index is 346. The zero-order chi connectivity index (χ0) is 9.14. The second kappa shape index (κ2) is 3.25. The maximum Gasteiger partial charge on any atom is 0.329 e. The summed E-state index contributed by atoms with van der Waals surface area (Å²) >= 11 is 0. The number of rotatable bonds is 2. The van der Waals surface area contributed by atoms with Gasteiger partial charge in [0.25, 0.3) is 5.56 Å². The molecular weight excluding hydrogens is 158 g/mol. The van der Waals surface area contributed by atoms with Crippen LogP contribution in [0.15, 0.2) is 15.7 Å². The standard InChI is InChI=1S/C7H11N3O2/c1-3-8-5-4-6(11)10(2)7(12)9-5/h4,8H,3H2,1-2H3,(H,9,12). The van der Waals surface area contributed by atoms with E-state index in [1.54, 1.807) is 0 Å². The molecule has 2 N–H and O–H groups in total. The second-order valence-corrected chi connectivity index (χ2v) is 2.42. The van der Waals surface area contributed by atoms with Crippen LogP contribution in [-0.4, -0.2) is 16.1 Å². The summed E-state index contributed by atoms with van der Waals surface area (Å²) in [6, 6.07) is 1.35. The lowest BCUT2D eigenvalue weighted by molar-refractivity contribution is 0.776. The Labute approximate surface area is 69.0 Å². The summed E-state index contributed by atoms with van der Waals surface area (Å²) in [5, 5.41) is 2.85. The van der Waals surface area contributed by atoms with Crippen LogP contribution in [0.25, 0.3) is 0 Å². The van der Waals surface area contributed by atoms with Gasteiger partial charge in [0.2, 0.25) is 0 Å². The van der Waals surface area contributed by atoms with Crippen molar-refractivity contribution >= 4 is 5.82 Å². The third-order valence-corrected chi connectivity index (χ3v) is 1.51. The molecule has 66 valence electrons. The molecule has 0 aliphatic heterocycles. The average Bonchev–Trinajstić information content (AvgIpc) is 2.01. The van der Waals surface area contributed by atoms with Crippen LogP contribution in [0.3, 0.4) is 0 Å². The first-order valence-corrected chi connectivity index (χ1v) is 3.69. The molecule has 0 aliphatic carbocycles. The van der Waals surface area contributed by atoms with Crippen molar-refractivity contribution in [1.29, 1.82) is 0 Å². The van der Waals surface area contributed by atoms with Gasteiger partial charge in [0.1, 0.15) is 5.82 Å². The highest BCUT2D eigenvalue weighted by atomic mass is 16.2. The molecule has 0 saturated heterocycles. The van der Waals surface area contributed by atoms with Crippen LogP contribution in [0, 0.1) is 0 Å². The van der Waals surface area contributed by atoms with Crippen molar-refractivity contribution < 1.29 is 0 Å². The number of nitrogens with one attached hydrogen (secondary N) is 2. The largest absolute Gasteiger partial charge is 0.372 e. The van der Waals surface area contributed by atoms with Crippen LogP contribution in [0.5, 0.6) is 0 Å². The molecule has 1 aromatic rings. The predicted octanol–water partition coefficient (Wildman–Crippen LogP) is -0.495. The van der Waals surface area contributed by atoms with E-state index in [4.69, 9.17) is 0 Å². The lowest BCUT2D eigenvalue weighted by Gasteiger charge is -2.02. The molecule has 1 aromatic heterocycles. The normalized spacial score (nSPS) is 9.83. The number of anilines is 1. The fourth-order valence-corrected chi connectivity index (χ4v) is 0.841. The Morgan fingerprint density at radius 1 is 1.58 bits per heavy atom. The lowest BCUT2D eigenvalue weighted by atomic mass is 10.5. The molecule has 0 bridgehead atoms. The average molecular weight is 169 g/mol. The number of nitrogens with zero attached hydrogens (tertiary/aromatic N) is 1. The molecule has 0 amide bonds. The molecule has 0 atom stereocenters. The Morgan fingerprint density at radius 3 is 2.75 bits per heavy atom. The molecule has 1 rings (SSSR count). The first kappa shape index (κ1) is 8.58. The van der Waals surface area contributed by atoms with E-state index in [-0.39, 0.29) is 5.56 Å². The van der Waals surface area contributed by atoms with Gasteiger partial charge >= 0.3 is 5.69 Å². The van der Waals surface area contributed by atoms with Gasteiger partial charge in [-0.1, -0.05) is 0 Å². The van der Waals surface area contributed by atoms with Gasteiger partial charge in [-0.3, -0.25) is 14.3 Å². The Hall–Kier alpha value is -1.52. The maximum atomic E-state index is 11.0. The summed E-state index contributed by atoms with van der Waals surface area (Å²) in [5.74, 6) is 0.464. The number of hydrogen-bond acceptors (Lipinski definition) is 3. The fourth-order valence-electron chi connectivity index (χ4n) is 0.841. The molecule has 0 aromatic carbocycles. The van der Waals surface area contributed by atoms with Crippen LogP contribution in [0.1, 0.15) is 6.92 Å². The highest BCUT2D eigenvalue weighted by Crippen LogP contribution is 1.90. The first-order chi connectivity index (χ1) is 5.65. The molecule has 5 heteroatoms. The van der Waals surface area contributed by atoms with Crippen molar-refractivity contribution in [2.45, 2.75) is 6.92 Å². The topological polar surface area (TPSA) is 66.9 Å². The summed E-state index contributed by atoms with van der Waals surface area (Å²) in [6.45, 7) is 2.55. The lowest BCUT2D eigenvalue weighted by Crippen LogP contribution is -2.32. The van der Waals surface area contributed by atoms with E-state index in [0.29, 0.717) is 12.4 Å². The van der Waals surface area contributed by atoms with E-state index in [9.17, 15) is 9.59 Å². The van der Waals surface area contributed by atoms with E-state index >= 15 is 0 Å². The Kier molecular flexibility index (Phi) is 2.32. The van der Waals surface area contributed by atoms with E-state index in [0.717, 1.165) is 4.57 Å². The third kappa shape index (κ3) is 1.55. The van der Waals surface area contributed by atoms with Gasteiger partial charge < -0.3 is 5.32 Å². The van der Waals surface area contributed by atoms with Crippen LogP contribution in [0.2, 0.25) is 0 Å². The number of aromatic nitrogens is 2. The second-order valence-electron chi connectivity index (χ2n) is 2.42. The van der Waals surface area contributed by atoms with Crippen molar-refractivity contribution in [2.75, 3.05) is 11.9 Å². The number of hydrogen-bond donors (Lipinski definition) is 2. The van der Waals surface area contributed by atoms with Gasteiger partial charge in [-0.05, 0) is 6.92 Å². The summed E-state index contributed by atoms with van der Waals surface area (Å²) in [7, 11) is 1.43. The molecular formula is C7H11N3O2. The molecule has 0 spiro atoms. The third-order valence-electron chi connectivity index (χ3n) is 1.51. The smallest absolute Gasteiger partial charge is 0.329 e. The zero-order valence-corrected chi connectivity index (χ0v) is 7.05. The Morgan fingerprint density at radius 2 is 2.25 bits per heavy atom. The van der Waals surface area contributed by atoms with Gasteiger partial charge in [0, 0.05) is 19.7 Å². The molecule has 0 aliphatic rings. The van der Waals surface area contributed by atoms with E-state index < -0.39 is 5.69 Å². The minimum atomic E-state index is -0.404. The van der Waals surface area contributed by atoms with E-state index in [1.807, 2.05) is 6.92 Å². The van der Waals surface area contributed by atoms with Crippen molar-refractivity contribution in [1.82, 2.24) is 9.55 Å². The summed E-state index contributed by atoms with van der Waals surface area (Å²) < 4.78 is 1.01. The molecule has 5 nitrogen and oxygen atoms in total. The van der Waals surface area contributed by atoms with Crippen molar-refractivity contribution in [3.8, 4) is 0 Å². The summed E-state index contributed by atoms with van der Waals surface area (Å²) in [5.41, 5.74) is -0.715. The van der Waals surface area contributed by atoms with Crippen LogP contribution in [0.4, 0.5) is 5.82 Å². The van der Waals surface area contributed by atoms with E-state index in [2.05, 4.69) is 10.3 Å². The monoisotopic (exact) mass is 169 g/mol. The van der Waals surface area contributed by atoms with Crippen LogP contribution >= 0.6 is 0 Å². The minimum Gasteiger partial charge on any atom is -0.372 e. The zero-order valence-electron chi connectivity index (χ0n) is 7.05. The highest BCUT2D eigenvalue weighted by molar-refractivity contribution is 5.31. The highest BCUT2D eigenvalue weighted by Gasteiger charge is 1.97. The Balaban J connectivity index is 3.22. The minimum absolute atomic E-state index is 0.310. The SMILES string of the molecule is CCNc1cc(=O)n(C)c(=O)[nH]1. The number of H-pyrrole nitrogens is 1. The quantitative estimate of drug-likeness (QED) is 0.627. The van der Waals surface area contributed by atoms with Gasteiger partial charge in [-0.2, -0.15) is 0 Å². The summed E-state index contributed by atoms with van der Waals surface area (Å²) in [6.07, 6.45) is 0. The van der Waals surface area contributed by atoms with Gasteiger partial charge in [0.15, 0.2) is 0 Å². The maximum absolute atomic E-state index is 11.0. The van der Waals surface area contributed by atoms with Gasteiger partial charge in [-0.15, -0.1) is 0 Å². The summed E-state index contributed by atoms with van der Waals surface area (Å²) in [4.78, 5) is 24.6. The van der Waals surface area contributed by atoms with Gasteiger partial charge in [0.05, 0.1) is 0 Å². The van der Waals surface area contributed by atoms with Crippen LogP contribution in [-0.2, 0) is 7.05 Å². The molecule has 0 saturated carbocycles. The number of aromatic amines is 1. The molecule has 0 radical (unpaired) electrons. The fraction of sp³-hybridized carbons (Fsp3) is 0.429. The van der Waals surface area contributed by atoms with Crippen LogP contribution < -0.4 is 16.6 Å². The molecule has 1 heterocycles.